The quantitative estimate of drug-likeness (QED) is 0.803. The lowest BCUT2D eigenvalue weighted by atomic mass is 10.0. The molecule has 1 aromatic carbocycles. The molecule has 0 bridgehead atoms. The highest BCUT2D eigenvalue weighted by Crippen LogP contribution is 2.28. The van der Waals surface area contributed by atoms with Crippen molar-refractivity contribution < 1.29 is 4.79 Å². The van der Waals surface area contributed by atoms with Gasteiger partial charge in [0.2, 0.25) is 0 Å². The molecular formula is C20H25Cl2N3O2. The third kappa shape index (κ3) is 4.54. The summed E-state index contributed by atoms with van der Waals surface area (Å²) in [7, 11) is 0. The zero-order valence-corrected chi connectivity index (χ0v) is 17.3. The monoisotopic (exact) mass is 409 g/mol. The fraction of sp³-hybridized carbons (Fsp3) is 0.400. The van der Waals surface area contributed by atoms with Gasteiger partial charge in [0.1, 0.15) is 5.56 Å². The van der Waals surface area contributed by atoms with Gasteiger partial charge in [0.05, 0.1) is 10.7 Å². The molecule has 2 N–H and O–H groups in total. The Morgan fingerprint density at radius 2 is 1.85 bits per heavy atom. The van der Waals surface area contributed by atoms with Gasteiger partial charge in [-0.1, -0.05) is 17.7 Å². The van der Waals surface area contributed by atoms with Crippen molar-refractivity contribution in [3.05, 3.63) is 62.0 Å². The predicted molar refractivity (Wildman–Crippen MR) is 113 cm³/mol. The molecule has 1 saturated heterocycles. The van der Waals surface area contributed by atoms with Crippen LogP contribution in [-0.2, 0) is 0 Å². The summed E-state index contributed by atoms with van der Waals surface area (Å²) in [6.07, 6.45) is 3.56. The van der Waals surface area contributed by atoms with Crippen LogP contribution in [0.3, 0.4) is 0 Å². The summed E-state index contributed by atoms with van der Waals surface area (Å²) in [6, 6.07) is 5.71. The van der Waals surface area contributed by atoms with E-state index < -0.39 is 5.91 Å². The molecular weight excluding hydrogens is 385 g/mol. The van der Waals surface area contributed by atoms with Crippen LogP contribution in [-0.4, -0.2) is 23.6 Å². The predicted octanol–water partition coefficient (Wildman–Crippen LogP) is 4.03. The van der Waals surface area contributed by atoms with E-state index in [9.17, 15) is 9.59 Å². The largest absolute Gasteiger partial charge is 0.320 e. The van der Waals surface area contributed by atoms with E-state index in [-0.39, 0.29) is 29.6 Å². The number of nitrogens with zero attached hydrogens (tertiary/aromatic N) is 1. The maximum atomic E-state index is 13.0. The molecule has 1 fully saturated rings. The van der Waals surface area contributed by atoms with Crippen LogP contribution in [0.1, 0.15) is 45.9 Å². The number of rotatable bonds is 3. The van der Waals surface area contributed by atoms with Gasteiger partial charge >= 0.3 is 0 Å². The second-order valence-electron chi connectivity index (χ2n) is 6.96. The smallest absolute Gasteiger partial charge is 0.263 e. The van der Waals surface area contributed by atoms with Crippen LogP contribution in [0.25, 0.3) is 0 Å². The number of amides is 1. The van der Waals surface area contributed by atoms with Crippen molar-refractivity contribution in [2.45, 2.75) is 39.7 Å². The van der Waals surface area contributed by atoms with Crippen molar-refractivity contribution in [1.29, 1.82) is 0 Å². The lowest BCUT2D eigenvalue weighted by molar-refractivity contribution is 0.102. The van der Waals surface area contributed by atoms with E-state index in [1.807, 2.05) is 26.0 Å². The van der Waals surface area contributed by atoms with Crippen LogP contribution < -0.4 is 16.2 Å². The molecule has 5 nitrogen and oxygen atoms in total. The molecule has 7 heteroatoms. The summed E-state index contributed by atoms with van der Waals surface area (Å²) in [5, 5.41) is 6.61. The van der Waals surface area contributed by atoms with Crippen LogP contribution in [0.15, 0.2) is 29.2 Å². The van der Waals surface area contributed by atoms with Gasteiger partial charge in [0.15, 0.2) is 0 Å². The minimum absolute atomic E-state index is 0. The van der Waals surface area contributed by atoms with Crippen LogP contribution in [0, 0.1) is 20.8 Å². The van der Waals surface area contributed by atoms with Crippen molar-refractivity contribution in [3.8, 4) is 0 Å². The fourth-order valence-corrected chi connectivity index (χ4v) is 3.91. The number of nitrogens with one attached hydrogen (secondary N) is 2. The number of aromatic nitrogens is 1. The Kier molecular flexibility index (Phi) is 7.09. The van der Waals surface area contributed by atoms with Crippen molar-refractivity contribution in [2.24, 2.45) is 0 Å². The van der Waals surface area contributed by atoms with Crippen molar-refractivity contribution in [1.82, 2.24) is 9.88 Å². The summed E-state index contributed by atoms with van der Waals surface area (Å²) < 4.78 is 1.70. The van der Waals surface area contributed by atoms with Gasteiger partial charge in [-0.05, 0) is 75.5 Å². The average Bonchev–Trinajstić information content (AvgIpc) is 2.59. The first-order valence-electron chi connectivity index (χ1n) is 8.89. The number of aryl methyl sites for hydroxylation is 3. The molecule has 0 radical (unpaired) electrons. The number of carbonyl (C=O) groups excluding carboxylic acids is 1. The zero-order chi connectivity index (χ0) is 18.8. The van der Waals surface area contributed by atoms with Gasteiger partial charge < -0.3 is 15.2 Å². The topological polar surface area (TPSA) is 63.1 Å². The minimum atomic E-state index is -0.412. The van der Waals surface area contributed by atoms with Gasteiger partial charge in [0, 0.05) is 12.2 Å². The number of anilines is 1. The summed E-state index contributed by atoms with van der Waals surface area (Å²) in [6.45, 7) is 7.38. The summed E-state index contributed by atoms with van der Waals surface area (Å²) >= 11 is 6.29. The highest BCUT2D eigenvalue weighted by Gasteiger charge is 2.22. The normalized spacial score (nSPS) is 14.5. The van der Waals surface area contributed by atoms with Gasteiger partial charge in [-0.15, -0.1) is 12.4 Å². The molecule has 1 aliphatic heterocycles. The highest BCUT2D eigenvalue weighted by atomic mass is 35.5. The highest BCUT2D eigenvalue weighted by molar-refractivity contribution is 6.34. The molecule has 0 atom stereocenters. The Hall–Kier alpha value is -1.82. The molecule has 0 unspecified atom stereocenters. The Labute approximate surface area is 170 Å². The standard InChI is InChI=1S/C20H24ClN3O2.ClH/c1-12-10-14(3)18(16(21)11-12)23-19(25)17-13(2)6-9-24(20(17)26)15-4-7-22-8-5-15;/h6,9-11,15,22H,4-5,7-8H2,1-3H3,(H,23,25);1H. The van der Waals surface area contributed by atoms with Crippen molar-refractivity contribution >= 4 is 35.6 Å². The van der Waals surface area contributed by atoms with Gasteiger partial charge in [-0.3, -0.25) is 9.59 Å². The number of carbonyl (C=O) groups is 1. The number of benzene rings is 1. The third-order valence-corrected chi connectivity index (χ3v) is 5.23. The molecule has 1 amide bonds. The first-order valence-corrected chi connectivity index (χ1v) is 9.27. The van der Waals surface area contributed by atoms with Gasteiger partial charge in [0.25, 0.3) is 11.5 Å². The van der Waals surface area contributed by atoms with E-state index in [1.165, 1.54) is 0 Å². The molecule has 146 valence electrons. The number of pyridine rings is 1. The average molecular weight is 410 g/mol. The molecule has 2 aromatic rings. The minimum Gasteiger partial charge on any atom is -0.320 e. The van der Waals surface area contributed by atoms with E-state index in [0.717, 1.165) is 37.1 Å². The van der Waals surface area contributed by atoms with Crippen molar-refractivity contribution in [3.63, 3.8) is 0 Å². The Balaban J connectivity index is 0.00000261. The molecule has 0 spiro atoms. The van der Waals surface area contributed by atoms with Crippen LogP contribution in [0.2, 0.25) is 5.02 Å². The third-order valence-electron chi connectivity index (χ3n) is 4.93. The SMILES string of the molecule is Cc1cc(C)c(NC(=O)c2c(C)ccn(C3CCNCC3)c2=O)c(Cl)c1.Cl. The Bertz CT molecular complexity index is 880. The zero-order valence-electron chi connectivity index (χ0n) is 15.8. The molecule has 0 saturated carbocycles. The number of halogens is 2. The molecule has 27 heavy (non-hydrogen) atoms. The molecule has 2 heterocycles. The molecule has 3 rings (SSSR count). The first kappa shape index (κ1) is 21.5. The van der Waals surface area contributed by atoms with E-state index >= 15 is 0 Å². The van der Waals surface area contributed by atoms with Crippen LogP contribution in [0.5, 0.6) is 0 Å². The van der Waals surface area contributed by atoms with E-state index in [4.69, 9.17) is 11.6 Å². The van der Waals surface area contributed by atoms with Crippen LogP contribution in [0.4, 0.5) is 5.69 Å². The van der Waals surface area contributed by atoms with Gasteiger partial charge in [-0.25, -0.2) is 0 Å². The lowest BCUT2D eigenvalue weighted by Crippen LogP contribution is -2.37. The maximum absolute atomic E-state index is 13.0. The van der Waals surface area contributed by atoms with Crippen molar-refractivity contribution in [2.75, 3.05) is 18.4 Å². The maximum Gasteiger partial charge on any atom is 0.263 e. The second kappa shape index (κ2) is 8.91. The number of piperidine rings is 1. The molecule has 1 aliphatic rings. The number of hydrogen-bond donors (Lipinski definition) is 2. The lowest BCUT2D eigenvalue weighted by Gasteiger charge is -2.25. The summed E-state index contributed by atoms with van der Waals surface area (Å²) in [5.41, 5.74) is 3.06. The first-order chi connectivity index (χ1) is 12.4. The Morgan fingerprint density at radius 1 is 1.19 bits per heavy atom. The van der Waals surface area contributed by atoms with Crippen LogP contribution >= 0.6 is 24.0 Å². The van der Waals surface area contributed by atoms with Gasteiger partial charge in [-0.2, -0.15) is 0 Å². The number of hydrogen-bond acceptors (Lipinski definition) is 3. The second-order valence-corrected chi connectivity index (χ2v) is 7.37. The molecule has 0 aliphatic carbocycles. The van der Waals surface area contributed by atoms with E-state index in [2.05, 4.69) is 10.6 Å². The Morgan fingerprint density at radius 3 is 2.48 bits per heavy atom. The summed E-state index contributed by atoms with van der Waals surface area (Å²) in [5.74, 6) is -0.412. The summed E-state index contributed by atoms with van der Waals surface area (Å²) in [4.78, 5) is 25.9. The van der Waals surface area contributed by atoms with E-state index in [0.29, 0.717) is 16.3 Å². The van der Waals surface area contributed by atoms with E-state index in [1.54, 1.807) is 23.8 Å². The fourth-order valence-electron chi connectivity index (χ4n) is 3.54. The molecule has 1 aromatic heterocycles.